The second kappa shape index (κ2) is 6.58. The van der Waals surface area contributed by atoms with Gasteiger partial charge in [-0.15, -0.1) is 0 Å². The summed E-state index contributed by atoms with van der Waals surface area (Å²) in [5.41, 5.74) is 1.61. The highest BCUT2D eigenvalue weighted by Gasteiger charge is 2.45. The number of nitro benzene ring substituents is 1. The number of hydrogen-bond donors (Lipinski definition) is 0. The van der Waals surface area contributed by atoms with Gasteiger partial charge in [-0.1, -0.05) is 18.2 Å². The molecule has 0 spiro atoms. The number of rotatable bonds is 3. The van der Waals surface area contributed by atoms with Crippen LogP contribution in [0.2, 0.25) is 0 Å². The fourth-order valence-electron chi connectivity index (χ4n) is 3.75. The first kappa shape index (κ1) is 17.0. The molecule has 7 nitrogen and oxygen atoms in total. The molecule has 2 atom stereocenters. The van der Waals surface area contributed by atoms with Crippen LogP contribution in [0.5, 0.6) is 0 Å². The maximum atomic E-state index is 12.6. The van der Waals surface area contributed by atoms with Gasteiger partial charge in [0.1, 0.15) is 5.78 Å². The highest BCUT2D eigenvalue weighted by molar-refractivity contribution is 6.11. The van der Waals surface area contributed by atoms with Crippen LogP contribution < -0.4 is 0 Å². The number of nitrogens with zero attached hydrogens (tertiary/aromatic N) is 2. The van der Waals surface area contributed by atoms with Crippen LogP contribution in [-0.2, 0) is 14.3 Å². The van der Waals surface area contributed by atoms with Gasteiger partial charge < -0.3 is 4.74 Å². The Morgan fingerprint density at radius 3 is 2.68 bits per heavy atom. The van der Waals surface area contributed by atoms with E-state index in [-0.39, 0.29) is 17.0 Å². The molecule has 1 aromatic rings. The Morgan fingerprint density at radius 2 is 2.00 bits per heavy atom. The minimum absolute atomic E-state index is 0.0398. The summed E-state index contributed by atoms with van der Waals surface area (Å²) in [7, 11) is 1.25. The van der Waals surface area contributed by atoms with Gasteiger partial charge in [0.05, 0.1) is 23.5 Å². The minimum Gasteiger partial charge on any atom is -0.466 e. The van der Waals surface area contributed by atoms with Crippen molar-refractivity contribution in [3.05, 3.63) is 51.2 Å². The van der Waals surface area contributed by atoms with Gasteiger partial charge in [0.2, 0.25) is 0 Å². The van der Waals surface area contributed by atoms with Gasteiger partial charge in [-0.25, -0.2) is 4.79 Å². The Morgan fingerprint density at radius 1 is 1.28 bits per heavy atom. The van der Waals surface area contributed by atoms with Crippen molar-refractivity contribution in [3.63, 3.8) is 0 Å². The molecule has 1 aromatic carbocycles. The molecule has 0 amide bonds. The molecule has 0 N–H and O–H groups in total. The molecule has 1 saturated carbocycles. The molecule has 0 aromatic heterocycles. The molecule has 25 heavy (non-hydrogen) atoms. The molecule has 1 fully saturated rings. The standard InChI is InChI=1S/C18H18N2O5/c1-10-15(18(22)25-2)16(11-6-3-4-8-13(11)20(23)24)17-12(19-10)7-5-9-14(17)21/h3-4,6,8,16-17H,5,7,9H2,1-2H3. The van der Waals surface area contributed by atoms with Crippen LogP contribution in [0, 0.1) is 16.0 Å². The highest BCUT2D eigenvalue weighted by Crippen LogP contribution is 2.45. The summed E-state index contributed by atoms with van der Waals surface area (Å²) in [6.45, 7) is 1.68. The lowest BCUT2D eigenvalue weighted by Crippen LogP contribution is -2.39. The van der Waals surface area contributed by atoms with E-state index in [4.69, 9.17) is 4.74 Å². The summed E-state index contributed by atoms with van der Waals surface area (Å²) >= 11 is 0. The lowest BCUT2D eigenvalue weighted by Gasteiger charge is -2.35. The van der Waals surface area contributed by atoms with Gasteiger partial charge >= 0.3 is 5.97 Å². The SMILES string of the molecule is COC(=O)C1=C(C)N=C2CCCC(=O)C2C1c1ccccc1[N+](=O)[O-]. The molecular weight excluding hydrogens is 324 g/mol. The molecule has 130 valence electrons. The van der Waals surface area contributed by atoms with Crippen molar-refractivity contribution in [3.8, 4) is 0 Å². The molecule has 0 radical (unpaired) electrons. The van der Waals surface area contributed by atoms with Crippen molar-refractivity contribution in [2.45, 2.75) is 32.1 Å². The van der Waals surface area contributed by atoms with Crippen molar-refractivity contribution >= 4 is 23.2 Å². The molecule has 2 unspecified atom stereocenters. The third-order valence-electron chi connectivity index (χ3n) is 4.78. The van der Waals surface area contributed by atoms with Crippen molar-refractivity contribution in [1.82, 2.24) is 0 Å². The van der Waals surface area contributed by atoms with E-state index in [1.807, 2.05) is 0 Å². The Hall–Kier alpha value is -2.83. The van der Waals surface area contributed by atoms with Gasteiger partial charge in [-0.3, -0.25) is 19.9 Å². The Kier molecular flexibility index (Phi) is 4.48. The second-order valence-electron chi connectivity index (χ2n) is 6.18. The predicted octanol–water partition coefficient (Wildman–Crippen LogP) is 2.95. The number of fused-ring (bicyclic) bond motifs is 1. The summed E-state index contributed by atoms with van der Waals surface area (Å²) in [6.07, 6.45) is 1.74. The second-order valence-corrected chi connectivity index (χ2v) is 6.18. The number of hydrogen-bond acceptors (Lipinski definition) is 6. The first-order chi connectivity index (χ1) is 12.0. The molecule has 1 heterocycles. The zero-order valence-corrected chi connectivity index (χ0v) is 14.0. The number of benzene rings is 1. The van der Waals surface area contributed by atoms with Gasteiger partial charge in [0, 0.05) is 35.4 Å². The molecule has 7 heteroatoms. The van der Waals surface area contributed by atoms with Crippen molar-refractivity contribution in [2.24, 2.45) is 10.9 Å². The van der Waals surface area contributed by atoms with E-state index in [2.05, 4.69) is 4.99 Å². The largest absolute Gasteiger partial charge is 0.466 e. The number of carbonyl (C=O) groups excluding carboxylic acids is 2. The Balaban J connectivity index is 2.26. The smallest absolute Gasteiger partial charge is 0.336 e. The van der Waals surface area contributed by atoms with Crippen LogP contribution in [0.15, 0.2) is 40.5 Å². The van der Waals surface area contributed by atoms with Crippen LogP contribution in [0.3, 0.4) is 0 Å². The average Bonchev–Trinajstić information content (AvgIpc) is 2.60. The van der Waals surface area contributed by atoms with E-state index in [1.165, 1.54) is 13.2 Å². The van der Waals surface area contributed by atoms with Crippen molar-refractivity contribution in [1.29, 1.82) is 0 Å². The summed E-state index contributed by atoms with van der Waals surface area (Å²) in [5, 5.41) is 11.5. The molecule has 2 aliphatic rings. The summed E-state index contributed by atoms with van der Waals surface area (Å²) in [5.74, 6) is -2.04. The van der Waals surface area contributed by atoms with Crippen molar-refractivity contribution < 1.29 is 19.2 Å². The van der Waals surface area contributed by atoms with Crippen LogP contribution in [0.25, 0.3) is 0 Å². The average molecular weight is 342 g/mol. The van der Waals surface area contributed by atoms with E-state index in [9.17, 15) is 19.7 Å². The van der Waals surface area contributed by atoms with E-state index < -0.39 is 22.7 Å². The number of carbonyl (C=O) groups is 2. The lowest BCUT2D eigenvalue weighted by molar-refractivity contribution is -0.385. The molecular formula is C18H18N2O5. The molecule has 0 bridgehead atoms. The maximum Gasteiger partial charge on any atom is 0.336 e. The number of esters is 1. The molecule has 1 aliphatic carbocycles. The number of ketones is 1. The van der Waals surface area contributed by atoms with Gasteiger partial charge in [-0.05, 0) is 19.8 Å². The third kappa shape index (κ3) is 2.86. The first-order valence-electron chi connectivity index (χ1n) is 8.08. The van der Waals surface area contributed by atoms with Gasteiger partial charge in [0.15, 0.2) is 0 Å². The number of methoxy groups -OCH3 is 1. The highest BCUT2D eigenvalue weighted by atomic mass is 16.6. The van der Waals surface area contributed by atoms with Crippen molar-refractivity contribution in [2.75, 3.05) is 7.11 Å². The molecule has 0 saturated heterocycles. The van der Waals surface area contributed by atoms with E-state index >= 15 is 0 Å². The summed E-state index contributed by atoms with van der Waals surface area (Å²) in [4.78, 5) is 40.5. The normalized spacial score (nSPS) is 23.0. The Labute approximate surface area is 144 Å². The van der Waals surface area contributed by atoms with Gasteiger partial charge in [-0.2, -0.15) is 0 Å². The number of allylic oxidation sites excluding steroid dienone is 1. The Bertz CT molecular complexity index is 825. The van der Waals surface area contributed by atoms with Crippen LogP contribution in [0.1, 0.15) is 37.7 Å². The number of para-hydroxylation sites is 1. The summed E-state index contributed by atoms with van der Waals surface area (Å²) < 4.78 is 4.88. The topological polar surface area (TPSA) is 98.9 Å². The molecule has 3 rings (SSSR count). The number of nitro groups is 1. The van der Waals surface area contributed by atoms with Crippen LogP contribution in [0.4, 0.5) is 5.69 Å². The zero-order chi connectivity index (χ0) is 18.1. The zero-order valence-electron chi connectivity index (χ0n) is 14.0. The monoisotopic (exact) mass is 342 g/mol. The fourth-order valence-corrected chi connectivity index (χ4v) is 3.75. The quantitative estimate of drug-likeness (QED) is 0.478. The van der Waals surface area contributed by atoms with E-state index in [0.29, 0.717) is 36.2 Å². The maximum absolute atomic E-state index is 12.6. The summed E-state index contributed by atoms with van der Waals surface area (Å²) in [6, 6.07) is 6.23. The van der Waals surface area contributed by atoms with Crippen LogP contribution >= 0.6 is 0 Å². The first-order valence-corrected chi connectivity index (χ1v) is 8.08. The lowest BCUT2D eigenvalue weighted by atomic mass is 9.69. The predicted molar refractivity (Wildman–Crippen MR) is 90.3 cm³/mol. The number of aliphatic imine (C=N–C) groups is 1. The van der Waals surface area contributed by atoms with E-state index in [0.717, 1.165) is 0 Å². The number of Topliss-reactive ketones (excluding diaryl/α,β-unsaturated/α-hetero) is 1. The molecule has 1 aliphatic heterocycles. The number of ether oxygens (including phenoxy) is 1. The van der Waals surface area contributed by atoms with E-state index in [1.54, 1.807) is 25.1 Å². The van der Waals surface area contributed by atoms with Gasteiger partial charge in [0.25, 0.3) is 5.69 Å². The minimum atomic E-state index is -0.741. The fraction of sp³-hybridized carbons (Fsp3) is 0.389. The third-order valence-corrected chi connectivity index (χ3v) is 4.78. The van der Waals surface area contributed by atoms with Crippen LogP contribution in [-0.4, -0.2) is 29.5 Å².